The van der Waals surface area contributed by atoms with Crippen LogP contribution in [0.4, 0.5) is 0 Å². The van der Waals surface area contributed by atoms with Crippen molar-refractivity contribution in [2.75, 3.05) is 6.61 Å². The summed E-state index contributed by atoms with van der Waals surface area (Å²) in [5.41, 5.74) is -1.30. The molecule has 5 fully saturated rings. The molecule has 10 nitrogen and oxygen atoms in total. The van der Waals surface area contributed by atoms with E-state index in [1.807, 2.05) is 44.2 Å². The minimum Gasteiger partial charge on any atom is -0.455 e. The lowest BCUT2D eigenvalue weighted by molar-refractivity contribution is -0.360. The summed E-state index contributed by atoms with van der Waals surface area (Å²) in [6.07, 6.45) is -0.645. The van der Waals surface area contributed by atoms with E-state index < -0.39 is 95.9 Å². The van der Waals surface area contributed by atoms with E-state index >= 15 is 4.79 Å². The van der Waals surface area contributed by atoms with Crippen LogP contribution in [-0.2, 0) is 41.8 Å². The molecule has 2 heterocycles. The summed E-state index contributed by atoms with van der Waals surface area (Å²) >= 11 is 0. The molecule has 1 aromatic rings. The van der Waals surface area contributed by atoms with Crippen LogP contribution in [0.25, 0.3) is 0 Å². The van der Waals surface area contributed by atoms with E-state index in [0.29, 0.717) is 18.4 Å². The Kier molecular flexibility index (Phi) is 13.1. The van der Waals surface area contributed by atoms with Crippen molar-refractivity contribution in [2.24, 2.45) is 22.7 Å². The Labute approximate surface area is 370 Å². The summed E-state index contributed by atoms with van der Waals surface area (Å²) in [5.74, 6) is -2.45. The number of fused-ring (bicyclic) bond motifs is 8. The zero-order valence-corrected chi connectivity index (χ0v) is 43.1. The molecule has 61 heavy (non-hydrogen) atoms. The molecule has 0 unspecified atom stereocenters. The average Bonchev–Trinajstić information content (AvgIpc) is 4.03. The van der Waals surface area contributed by atoms with Gasteiger partial charge in [-0.1, -0.05) is 80.5 Å². The van der Waals surface area contributed by atoms with Gasteiger partial charge in [0.05, 0.1) is 42.3 Å². The van der Waals surface area contributed by atoms with Crippen LogP contribution in [0.2, 0.25) is 49.4 Å². The number of hydrogen-bond donors (Lipinski definition) is 0. The van der Waals surface area contributed by atoms with Gasteiger partial charge in [-0.05, 0) is 106 Å². The maximum absolute atomic E-state index is 15.1. The van der Waals surface area contributed by atoms with Crippen molar-refractivity contribution in [1.82, 2.24) is 0 Å². The number of esters is 2. The number of hydrogen-bond acceptors (Lipinski definition) is 10. The first kappa shape index (κ1) is 47.3. The molecule has 342 valence electrons. The predicted molar refractivity (Wildman–Crippen MR) is 245 cm³/mol. The van der Waals surface area contributed by atoms with Gasteiger partial charge in [0.25, 0.3) is 0 Å². The second-order valence-corrected chi connectivity index (χ2v) is 32.7. The van der Waals surface area contributed by atoms with E-state index in [2.05, 4.69) is 82.3 Å². The van der Waals surface area contributed by atoms with E-state index in [4.69, 9.17) is 37.0 Å². The molecule has 2 bridgehead atoms. The zero-order chi connectivity index (χ0) is 44.6. The van der Waals surface area contributed by atoms with Crippen LogP contribution in [0.15, 0.2) is 41.5 Å². The predicted octanol–water partition coefficient (Wildman–Crippen LogP) is 10.1. The van der Waals surface area contributed by atoms with Gasteiger partial charge in [-0.2, -0.15) is 0 Å². The molecule has 0 amide bonds. The molecule has 3 saturated carbocycles. The molecule has 13 heteroatoms. The molecule has 7 rings (SSSR count). The number of ether oxygens (including phenoxy) is 5. The number of carbonyl (C=O) groups is 2. The van der Waals surface area contributed by atoms with Crippen molar-refractivity contribution in [3.05, 3.63) is 47.0 Å². The van der Waals surface area contributed by atoms with Gasteiger partial charge < -0.3 is 37.0 Å². The van der Waals surface area contributed by atoms with E-state index in [9.17, 15) is 4.79 Å². The maximum Gasteiger partial charge on any atom is 0.338 e. The van der Waals surface area contributed by atoms with Gasteiger partial charge in [0.15, 0.2) is 37.1 Å². The highest BCUT2D eigenvalue weighted by Gasteiger charge is 2.80. The normalized spacial score (nSPS) is 36.5. The SMILES string of the molecule is CC[Si](CC)(CC)O[C@H]1C[C@@]2(O[SiH](C)C)[C@@H](OC(=O)c3ccccc3)[C@@H]3[C@]4(OC(=O)C5CC5)CO[C@@H]4C[C@H](O[Si](CC)(CC)CC)[C@@]3(C)[C@@H]3OC(C)(C)O[C@@H]3C(=C1C)C2(C)C. The molecule has 4 aliphatic carbocycles. The Hall–Kier alpha value is -1.69. The monoisotopic (exact) mass is 898 g/mol. The fourth-order valence-electron chi connectivity index (χ4n) is 12.6. The summed E-state index contributed by atoms with van der Waals surface area (Å²) in [6, 6.07) is 15.1. The third-order valence-electron chi connectivity index (χ3n) is 16.8. The first-order valence-electron chi connectivity index (χ1n) is 23.9. The molecular formula is C48H78O10Si3. The number of rotatable bonds is 16. The fraction of sp³-hybridized carbons (Fsp3) is 0.792. The molecule has 0 aromatic heterocycles. The summed E-state index contributed by atoms with van der Waals surface area (Å²) in [6.45, 7) is 31.2. The second-order valence-electron chi connectivity index (χ2n) is 20.9. The Morgan fingerprint density at radius 2 is 1.43 bits per heavy atom. The van der Waals surface area contributed by atoms with E-state index in [-0.39, 0.29) is 24.6 Å². The highest BCUT2D eigenvalue weighted by Crippen LogP contribution is 2.69. The largest absolute Gasteiger partial charge is 0.455 e. The van der Waals surface area contributed by atoms with Crippen LogP contribution < -0.4 is 0 Å². The topological polar surface area (TPSA) is 108 Å². The van der Waals surface area contributed by atoms with Crippen molar-refractivity contribution in [1.29, 1.82) is 0 Å². The third-order valence-corrected chi connectivity index (χ3v) is 27.0. The van der Waals surface area contributed by atoms with Crippen molar-refractivity contribution < 1.29 is 46.6 Å². The van der Waals surface area contributed by atoms with Crippen LogP contribution in [0, 0.1) is 22.7 Å². The number of carbonyl (C=O) groups excluding carboxylic acids is 2. The smallest absolute Gasteiger partial charge is 0.338 e. The molecule has 0 N–H and O–H groups in total. The Morgan fingerprint density at radius 3 is 1.95 bits per heavy atom. The molecular weight excluding hydrogens is 821 g/mol. The van der Waals surface area contributed by atoms with Crippen molar-refractivity contribution >= 4 is 37.6 Å². The third kappa shape index (κ3) is 7.67. The molecule has 10 atom stereocenters. The van der Waals surface area contributed by atoms with Gasteiger partial charge in [0, 0.05) is 23.7 Å². The van der Waals surface area contributed by atoms with E-state index in [0.717, 1.165) is 60.3 Å². The molecule has 0 spiro atoms. The summed E-state index contributed by atoms with van der Waals surface area (Å²) in [4.78, 5) is 29.5. The van der Waals surface area contributed by atoms with Gasteiger partial charge in [0.1, 0.15) is 23.9 Å². The lowest BCUT2D eigenvalue weighted by atomic mass is 9.44. The van der Waals surface area contributed by atoms with Gasteiger partial charge in [0.2, 0.25) is 0 Å². The fourth-order valence-corrected chi connectivity index (χ4v) is 19.8. The van der Waals surface area contributed by atoms with Crippen LogP contribution in [0.1, 0.15) is 119 Å². The Bertz CT molecular complexity index is 1790. The molecule has 6 aliphatic rings. The Balaban J connectivity index is 1.60. The first-order chi connectivity index (χ1) is 28.7. The van der Waals surface area contributed by atoms with Crippen LogP contribution in [0.5, 0.6) is 0 Å². The van der Waals surface area contributed by atoms with Gasteiger partial charge in [-0.3, -0.25) is 4.79 Å². The van der Waals surface area contributed by atoms with Crippen molar-refractivity contribution in [3.63, 3.8) is 0 Å². The summed E-state index contributed by atoms with van der Waals surface area (Å²) in [5, 5.41) is 0. The lowest BCUT2D eigenvalue weighted by Crippen LogP contribution is -2.83. The first-order valence-corrected chi connectivity index (χ1v) is 31.8. The Morgan fingerprint density at radius 1 is 0.836 bits per heavy atom. The minimum atomic E-state index is -2.32. The lowest BCUT2D eigenvalue weighted by Gasteiger charge is -2.71. The zero-order valence-electron chi connectivity index (χ0n) is 39.9. The van der Waals surface area contributed by atoms with Crippen LogP contribution >= 0.6 is 0 Å². The van der Waals surface area contributed by atoms with Gasteiger partial charge >= 0.3 is 11.9 Å². The van der Waals surface area contributed by atoms with Crippen LogP contribution in [-0.4, -0.2) is 97.8 Å². The van der Waals surface area contributed by atoms with Crippen molar-refractivity contribution in [2.45, 2.75) is 212 Å². The quantitative estimate of drug-likeness (QED) is 0.0904. The van der Waals surface area contributed by atoms with Gasteiger partial charge in [-0.25, -0.2) is 4.79 Å². The molecule has 2 saturated heterocycles. The van der Waals surface area contributed by atoms with Crippen LogP contribution in [0.3, 0.4) is 0 Å². The molecule has 2 aliphatic heterocycles. The highest BCUT2D eigenvalue weighted by molar-refractivity contribution is 6.74. The van der Waals surface area contributed by atoms with Crippen molar-refractivity contribution in [3.8, 4) is 0 Å². The van der Waals surface area contributed by atoms with E-state index in [1.165, 1.54) is 0 Å². The number of benzene rings is 1. The summed E-state index contributed by atoms with van der Waals surface area (Å²) in [7, 11) is -6.53. The average molecular weight is 899 g/mol. The second kappa shape index (κ2) is 16.9. The molecule has 1 aromatic carbocycles. The van der Waals surface area contributed by atoms with E-state index in [1.54, 1.807) is 0 Å². The van der Waals surface area contributed by atoms with Gasteiger partial charge in [-0.15, -0.1) is 0 Å². The molecule has 0 radical (unpaired) electrons. The summed E-state index contributed by atoms with van der Waals surface area (Å²) < 4.78 is 59.0. The highest BCUT2D eigenvalue weighted by atomic mass is 28.4. The maximum atomic E-state index is 15.1. The minimum absolute atomic E-state index is 0.155. The standard InChI is InChI=1S/C48H78O10Si3/c1-15-60(16-2,17-3)56-34-29-48(58-59(13)14)41(52-42(49)32-24-22-21-23-25-32)39-46(12,40-38(53-45(10,11)54-40)37(31(34)7)44(48,8)9)35(57-61(18-4,19-5)20-6)28-36-47(39,30-51-36)55-43(50)33-26-27-33/h21-25,33-36,38-41,59H,15-20,26-30H2,1-14H3/t34-,35-,36+,38+,39-,40+,41-,46+,47-,48+/m0/s1.